The Bertz CT molecular complexity index is 988. The lowest BCUT2D eigenvalue weighted by molar-refractivity contribution is 0.617. The van der Waals surface area contributed by atoms with E-state index in [4.69, 9.17) is 0 Å². The largest absolute Gasteiger partial charge is 0.349 e. The Morgan fingerprint density at radius 2 is 1.92 bits per heavy atom. The van der Waals surface area contributed by atoms with Crippen molar-refractivity contribution in [3.05, 3.63) is 87.5 Å². The van der Waals surface area contributed by atoms with Gasteiger partial charge in [-0.3, -0.25) is 9.55 Å². The first kappa shape index (κ1) is 17.0. The van der Waals surface area contributed by atoms with Crippen molar-refractivity contribution in [1.82, 2.24) is 14.5 Å². The van der Waals surface area contributed by atoms with Crippen molar-refractivity contribution in [2.45, 2.75) is 36.6 Å². The quantitative estimate of drug-likeness (QED) is 0.511. The molecule has 2 aromatic heterocycles. The number of hydrogen-bond donors (Lipinski definition) is 0. The summed E-state index contributed by atoms with van der Waals surface area (Å²) in [5.41, 5.74) is 3.63. The third kappa shape index (κ3) is 3.42. The Morgan fingerprint density at radius 3 is 2.73 bits per heavy atom. The normalized spacial score (nSPS) is 13.0. The lowest BCUT2D eigenvalue weighted by Gasteiger charge is -2.14. The predicted octanol–water partition coefficient (Wildman–Crippen LogP) is 3.61. The van der Waals surface area contributed by atoms with E-state index in [0.717, 1.165) is 41.1 Å². The monoisotopic (exact) mass is 367 g/mol. The van der Waals surface area contributed by atoms with Crippen molar-refractivity contribution in [3.63, 3.8) is 0 Å². The SMILES string of the molecule is O=c1nc(SCc2ccccc2F)c2c(n1Cc1ccncc1)CCC2. The van der Waals surface area contributed by atoms with Gasteiger partial charge in [0.2, 0.25) is 0 Å². The second-order valence-electron chi connectivity index (χ2n) is 6.30. The number of hydrogen-bond acceptors (Lipinski definition) is 4. The number of benzene rings is 1. The predicted molar refractivity (Wildman–Crippen MR) is 99.8 cm³/mol. The molecule has 0 spiro atoms. The van der Waals surface area contributed by atoms with Gasteiger partial charge in [-0.25, -0.2) is 9.18 Å². The van der Waals surface area contributed by atoms with Gasteiger partial charge in [0.1, 0.15) is 10.8 Å². The van der Waals surface area contributed by atoms with E-state index < -0.39 is 0 Å². The van der Waals surface area contributed by atoms with Gasteiger partial charge in [-0.15, -0.1) is 11.8 Å². The Hall–Kier alpha value is -2.47. The lowest BCUT2D eigenvalue weighted by atomic mass is 10.2. The van der Waals surface area contributed by atoms with Crippen molar-refractivity contribution in [2.75, 3.05) is 0 Å². The molecule has 0 atom stereocenters. The van der Waals surface area contributed by atoms with Crippen LogP contribution in [0.15, 0.2) is 58.6 Å². The van der Waals surface area contributed by atoms with Crippen molar-refractivity contribution < 1.29 is 4.39 Å². The van der Waals surface area contributed by atoms with Gasteiger partial charge in [0.25, 0.3) is 0 Å². The van der Waals surface area contributed by atoms with E-state index in [1.807, 2.05) is 18.2 Å². The summed E-state index contributed by atoms with van der Waals surface area (Å²) in [5.74, 6) is 0.252. The summed E-state index contributed by atoms with van der Waals surface area (Å²) in [6.07, 6.45) is 6.27. The van der Waals surface area contributed by atoms with Crippen LogP contribution in [0.1, 0.15) is 28.8 Å². The number of nitrogens with zero attached hydrogens (tertiary/aromatic N) is 3. The van der Waals surface area contributed by atoms with Crippen molar-refractivity contribution in [3.8, 4) is 0 Å². The highest BCUT2D eigenvalue weighted by Crippen LogP contribution is 2.31. The summed E-state index contributed by atoms with van der Waals surface area (Å²) >= 11 is 1.45. The summed E-state index contributed by atoms with van der Waals surface area (Å²) in [5, 5.41) is 0.747. The number of aromatic nitrogens is 3. The van der Waals surface area contributed by atoms with Crippen molar-refractivity contribution in [2.24, 2.45) is 0 Å². The number of thioether (sulfide) groups is 1. The van der Waals surface area contributed by atoms with Crippen molar-refractivity contribution >= 4 is 11.8 Å². The smallest absolute Gasteiger partial charge is 0.292 e. The van der Waals surface area contributed by atoms with E-state index in [2.05, 4.69) is 9.97 Å². The van der Waals surface area contributed by atoms with E-state index in [9.17, 15) is 9.18 Å². The molecule has 4 nitrogen and oxygen atoms in total. The molecule has 0 unspecified atom stereocenters. The standard InChI is InChI=1S/C20H18FN3OS/c21-17-6-2-1-4-15(17)13-26-19-16-5-3-7-18(16)24(20(25)23-19)12-14-8-10-22-11-9-14/h1-2,4,6,8-11H,3,5,7,12-13H2. The molecule has 1 aliphatic carbocycles. The minimum absolute atomic E-state index is 0.220. The molecule has 4 rings (SSSR count). The zero-order chi connectivity index (χ0) is 17.9. The highest BCUT2D eigenvalue weighted by Gasteiger charge is 2.22. The molecule has 6 heteroatoms. The molecule has 0 fully saturated rings. The van der Waals surface area contributed by atoms with Gasteiger partial charge in [-0.1, -0.05) is 18.2 Å². The maximum Gasteiger partial charge on any atom is 0.349 e. The van der Waals surface area contributed by atoms with Crippen LogP contribution in [0.5, 0.6) is 0 Å². The minimum Gasteiger partial charge on any atom is -0.292 e. The molecule has 0 amide bonds. The van der Waals surface area contributed by atoms with Gasteiger partial charge < -0.3 is 0 Å². The fraction of sp³-hybridized carbons (Fsp3) is 0.250. The van der Waals surface area contributed by atoms with Gasteiger partial charge in [-0.2, -0.15) is 4.98 Å². The van der Waals surface area contributed by atoms with E-state index in [1.54, 1.807) is 29.1 Å². The Labute approximate surface area is 155 Å². The van der Waals surface area contributed by atoms with Crippen LogP contribution in [0, 0.1) is 5.82 Å². The zero-order valence-electron chi connectivity index (χ0n) is 14.2. The molecule has 0 bridgehead atoms. The Balaban J connectivity index is 1.64. The molecule has 2 heterocycles. The van der Waals surface area contributed by atoms with E-state index in [0.29, 0.717) is 17.9 Å². The highest BCUT2D eigenvalue weighted by molar-refractivity contribution is 7.98. The fourth-order valence-corrected chi connectivity index (χ4v) is 4.36. The Morgan fingerprint density at radius 1 is 1.12 bits per heavy atom. The van der Waals surface area contributed by atoms with Gasteiger partial charge in [0.15, 0.2) is 0 Å². The van der Waals surface area contributed by atoms with Crippen molar-refractivity contribution in [1.29, 1.82) is 0 Å². The molecular weight excluding hydrogens is 349 g/mol. The average Bonchev–Trinajstić information content (AvgIpc) is 3.14. The van der Waals surface area contributed by atoms with Crippen LogP contribution in [0.4, 0.5) is 4.39 Å². The molecule has 132 valence electrons. The first-order valence-corrected chi connectivity index (χ1v) is 9.58. The van der Waals surface area contributed by atoms with Crippen LogP contribution in [-0.2, 0) is 25.1 Å². The number of halogens is 1. The van der Waals surface area contributed by atoms with E-state index in [-0.39, 0.29) is 11.5 Å². The summed E-state index contributed by atoms with van der Waals surface area (Å²) in [4.78, 5) is 21.0. The third-order valence-corrected chi connectivity index (χ3v) is 5.68. The van der Waals surface area contributed by atoms with Crippen LogP contribution >= 0.6 is 11.8 Å². The molecule has 0 saturated heterocycles. The lowest BCUT2D eigenvalue weighted by Crippen LogP contribution is -2.27. The first-order chi connectivity index (χ1) is 12.7. The average molecular weight is 367 g/mol. The molecule has 3 aromatic rings. The maximum atomic E-state index is 13.8. The second-order valence-corrected chi connectivity index (χ2v) is 7.26. The van der Waals surface area contributed by atoms with Gasteiger partial charge >= 0.3 is 5.69 Å². The van der Waals surface area contributed by atoms with E-state index in [1.165, 1.54) is 17.8 Å². The van der Waals surface area contributed by atoms with Gasteiger partial charge in [0, 0.05) is 29.4 Å². The fourth-order valence-electron chi connectivity index (χ4n) is 3.30. The first-order valence-electron chi connectivity index (χ1n) is 8.60. The molecule has 0 aliphatic heterocycles. The Kier molecular flexibility index (Phi) is 4.84. The molecular formula is C20H18FN3OS. The summed E-state index contributed by atoms with van der Waals surface area (Å²) in [7, 11) is 0. The van der Waals surface area contributed by atoms with Crippen LogP contribution in [0.25, 0.3) is 0 Å². The number of pyridine rings is 1. The molecule has 0 radical (unpaired) electrons. The summed E-state index contributed by atoms with van der Waals surface area (Å²) < 4.78 is 15.6. The van der Waals surface area contributed by atoms with Gasteiger partial charge in [0.05, 0.1) is 6.54 Å². The molecule has 1 aliphatic rings. The van der Waals surface area contributed by atoms with Crippen LogP contribution in [0.3, 0.4) is 0 Å². The van der Waals surface area contributed by atoms with Crippen LogP contribution in [-0.4, -0.2) is 14.5 Å². The molecule has 0 N–H and O–H groups in total. The third-order valence-electron chi connectivity index (χ3n) is 4.61. The number of fused-ring (bicyclic) bond motifs is 1. The number of rotatable bonds is 5. The van der Waals surface area contributed by atoms with Crippen LogP contribution in [0.2, 0.25) is 0 Å². The minimum atomic E-state index is -0.238. The molecule has 0 saturated carbocycles. The zero-order valence-corrected chi connectivity index (χ0v) is 15.0. The topological polar surface area (TPSA) is 47.8 Å². The maximum absolute atomic E-state index is 13.8. The molecule has 26 heavy (non-hydrogen) atoms. The highest BCUT2D eigenvalue weighted by atomic mass is 32.2. The van der Waals surface area contributed by atoms with Crippen LogP contribution < -0.4 is 5.69 Å². The van der Waals surface area contributed by atoms with Gasteiger partial charge in [-0.05, 0) is 48.6 Å². The second kappa shape index (κ2) is 7.41. The summed E-state index contributed by atoms with van der Waals surface area (Å²) in [6.45, 7) is 0.509. The molecule has 1 aromatic carbocycles. The van der Waals surface area contributed by atoms with E-state index >= 15 is 0 Å². The summed E-state index contributed by atoms with van der Waals surface area (Å²) in [6, 6.07) is 10.6.